The molecule has 0 atom stereocenters. The molecule has 0 radical (unpaired) electrons. The van der Waals surface area contributed by atoms with Crippen molar-refractivity contribution in [2.75, 3.05) is 13.1 Å². The lowest BCUT2D eigenvalue weighted by molar-refractivity contribution is -0.150. The van der Waals surface area contributed by atoms with Gasteiger partial charge in [0.05, 0.1) is 13.1 Å². The molecule has 1 aliphatic carbocycles. The van der Waals surface area contributed by atoms with E-state index in [-0.39, 0.29) is 13.1 Å². The highest BCUT2D eigenvalue weighted by Crippen LogP contribution is 2.34. The summed E-state index contributed by atoms with van der Waals surface area (Å²) in [6, 6.07) is 0.454. The van der Waals surface area contributed by atoms with Gasteiger partial charge in [0.1, 0.15) is 0 Å². The Labute approximate surface area is 78.1 Å². The van der Waals surface area contributed by atoms with Gasteiger partial charge in [-0.05, 0) is 31.6 Å². The van der Waals surface area contributed by atoms with Crippen LogP contribution in [0.2, 0.25) is 0 Å². The van der Waals surface area contributed by atoms with Crippen LogP contribution in [0.1, 0.15) is 32.6 Å². The van der Waals surface area contributed by atoms with E-state index in [9.17, 15) is 8.78 Å². The zero-order valence-electron chi connectivity index (χ0n) is 8.10. The predicted octanol–water partition coefficient (Wildman–Crippen LogP) is 2.52. The number of likely N-dealkylation sites (tertiary alicyclic amines) is 1. The van der Waals surface area contributed by atoms with Crippen LogP contribution in [0.4, 0.5) is 8.78 Å². The molecule has 2 aliphatic rings. The normalized spacial score (nSPS) is 39.9. The van der Waals surface area contributed by atoms with Crippen molar-refractivity contribution in [3.8, 4) is 0 Å². The second-order valence-electron chi connectivity index (χ2n) is 4.67. The molecule has 0 N–H and O–H groups in total. The van der Waals surface area contributed by atoms with Crippen molar-refractivity contribution >= 4 is 0 Å². The van der Waals surface area contributed by atoms with Gasteiger partial charge >= 0.3 is 0 Å². The molecule has 1 saturated carbocycles. The van der Waals surface area contributed by atoms with E-state index in [0.717, 1.165) is 18.8 Å². The summed E-state index contributed by atoms with van der Waals surface area (Å²) in [5.41, 5.74) is 0. The Morgan fingerprint density at radius 3 is 2.08 bits per heavy atom. The Morgan fingerprint density at radius 1 is 1.08 bits per heavy atom. The lowest BCUT2D eigenvalue weighted by Crippen LogP contribution is -2.60. The Bertz CT molecular complexity index is 177. The SMILES string of the molecule is CC1CCC(N2CC(F)(F)C2)CC1. The third kappa shape index (κ3) is 2.01. The molecule has 0 spiro atoms. The Kier molecular flexibility index (Phi) is 2.30. The van der Waals surface area contributed by atoms with Gasteiger partial charge in [-0.3, -0.25) is 4.90 Å². The molecule has 3 heteroatoms. The Balaban J connectivity index is 1.78. The van der Waals surface area contributed by atoms with Crippen molar-refractivity contribution in [2.24, 2.45) is 5.92 Å². The number of rotatable bonds is 1. The molecule has 0 unspecified atom stereocenters. The smallest absolute Gasteiger partial charge is 0.272 e. The van der Waals surface area contributed by atoms with Gasteiger partial charge in [-0.2, -0.15) is 0 Å². The summed E-state index contributed by atoms with van der Waals surface area (Å²) in [7, 11) is 0. The molecule has 1 nitrogen and oxygen atoms in total. The van der Waals surface area contributed by atoms with Gasteiger partial charge in [-0.15, -0.1) is 0 Å². The largest absolute Gasteiger partial charge is 0.288 e. The molecule has 2 fully saturated rings. The molecular weight excluding hydrogens is 172 g/mol. The van der Waals surface area contributed by atoms with Crippen LogP contribution in [0.3, 0.4) is 0 Å². The van der Waals surface area contributed by atoms with Crippen LogP contribution in [0.25, 0.3) is 0 Å². The van der Waals surface area contributed by atoms with E-state index < -0.39 is 5.92 Å². The second kappa shape index (κ2) is 3.19. The maximum Gasteiger partial charge on any atom is 0.272 e. The minimum atomic E-state index is -2.39. The molecule has 2 rings (SSSR count). The fraction of sp³-hybridized carbons (Fsp3) is 1.00. The van der Waals surface area contributed by atoms with Crippen molar-refractivity contribution < 1.29 is 8.78 Å². The summed E-state index contributed by atoms with van der Waals surface area (Å²) in [5.74, 6) is -1.58. The molecule has 1 heterocycles. The van der Waals surface area contributed by atoms with E-state index in [4.69, 9.17) is 0 Å². The first-order chi connectivity index (χ1) is 6.07. The third-order valence-corrected chi connectivity index (χ3v) is 3.37. The van der Waals surface area contributed by atoms with Crippen LogP contribution in [-0.2, 0) is 0 Å². The van der Waals surface area contributed by atoms with Crippen molar-refractivity contribution in [2.45, 2.75) is 44.6 Å². The highest BCUT2D eigenvalue weighted by molar-refractivity contribution is 4.92. The van der Waals surface area contributed by atoms with Crippen molar-refractivity contribution in [1.82, 2.24) is 4.90 Å². The predicted molar refractivity (Wildman–Crippen MR) is 47.9 cm³/mol. The zero-order valence-corrected chi connectivity index (χ0v) is 8.10. The number of hydrogen-bond donors (Lipinski definition) is 0. The molecule has 0 amide bonds. The van der Waals surface area contributed by atoms with E-state index >= 15 is 0 Å². The number of hydrogen-bond acceptors (Lipinski definition) is 1. The summed E-state index contributed by atoms with van der Waals surface area (Å²) in [4.78, 5) is 1.95. The van der Waals surface area contributed by atoms with Gasteiger partial charge in [0, 0.05) is 6.04 Å². The average Bonchev–Trinajstić information content (AvgIpc) is 2.01. The number of alkyl halides is 2. The topological polar surface area (TPSA) is 3.24 Å². The zero-order chi connectivity index (χ0) is 9.47. The van der Waals surface area contributed by atoms with Crippen molar-refractivity contribution in [3.63, 3.8) is 0 Å². The van der Waals surface area contributed by atoms with Gasteiger partial charge in [-0.25, -0.2) is 8.78 Å². The Hall–Kier alpha value is -0.180. The van der Waals surface area contributed by atoms with Gasteiger partial charge in [-0.1, -0.05) is 6.92 Å². The molecule has 0 aromatic heterocycles. The van der Waals surface area contributed by atoms with E-state index in [1.807, 2.05) is 4.90 Å². The maximum atomic E-state index is 12.6. The van der Waals surface area contributed by atoms with Crippen LogP contribution < -0.4 is 0 Å². The van der Waals surface area contributed by atoms with E-state index in [0.29, 0.717) is 6.04 Å². The summed E-state index contributed by atoms with van der Waals surface area (Å²) >= 11 is 0. The third-order valence-electron chi connectivity index (χ3n) is 3.37. The van der Waals surface area contributed by atoms with E-state index in [1.54, 1.807) is 0 Å². The summed E-state index contributed by atoms with van der Waals surface area (Å²) in [5, 5.41) is 0. The minimum Gasteiger partial charge on any atom is -0.288 e. The highest BCUT2D eigenvalue weighted by Gasteiger charge is 2.46. The van der Waals surface area contributed by atoms with Crippen LogP contribution in [-0.4, -0.2) is 30.0 Å². The van der Waals surface area contributed by atoms with Gasteiger partial charge in [0.25, 0.3) is 5.92 Å². The molecule has 0 aromatic rings. The number of nitrogens with zero attached hydrogens (tertiary/aromatic N) is 1. The van der Waals surface area contributed by atoms with Crippen LogP contribution in [0, 0.1) is 5.92 Å². The minimum absolute atomic E-state index is 0.00600. The molecule has 0 bridgehead atoms. The summed E-state index contributed by atoms with van der Waals surface area (Å²) < 4.78 is 25.2. The fourth-order valence-electron chi connectivity index (χ4n) is 2.41. The molecule has 1 aliphatic heterocycles. The van der Waals surface area contributed by atoms with Crippen LogP contribution in [0.15, 0.2) is 0 Å². The second-order valence-corrected chi connectivity index (χ2v) is 4.67. The standard InChI is InChI=1S/C10H17F2N/c1-8-2-4-9(5-3-8)13-6-10(11,12)7-13/h8-9H,2-7H2,1H3. The molecule has 13 heavy (non-hydrogen) atoms. The van der Waals surface area contributed by atoms with Crippen molar-refractivity contribution in [3.05, 3.63) is 0 Å². The summed E-state index contributed by atoms with van der Waals surface area (Å²) in [6.07, 6.45) is 4.67. The van der Waals surface area contributed by atoms with Crippen LogP contribution in [0.5, 0.6) is 0 Å². The van der Waals surface area contributed by atoms with Crippen molar-refractivity contribution in [1.29, 1.82) is 0 Å². The lowest BCUT2D eigenvalue weighted by Gasteiger charge is -2.45. The average molecular weight is 189 g/mol. The Morgan fingerprint density at radius 2 is 1.62 bits per heavy atom. The first-order valence-electron chi connectivity index (χ1n) is 5.19. The molecule has 76 valence electrons. The quantitative estimate of drug-likeness (QED) is 0.612. The maximum absolute atomic E-state index is 12.6. The van der Waals surface area contributed by atoms with E-state index in [1.165, 1.54) is 12.8 Å². The summed E-state index contributed by atoms with van der Waals surface area (Å²) in [6.45, 7) is 2.26. The number of halogens is 2. The van der Waals surface area contributed by atoms with Gasteiger partial charge in [0.15, 0.2) is 0 Å². The molecule has 0 aromatic carbocycles. The lowest BCUT2D eigenvalue weighted by atomic mass is 9.85. The monoisotopic (exact) mass is 189 g/mol. The van der Waals surface area contributed by atoms with Gasteiger partial charge < -0.3 is 0 Å². The molecule has 1 saturated heterocycles. The van der Waals surface area contributed by atoms with Gasteiger partial charge in [0.2, 0.25) is 0 Å². The van der Waals surface area contributed by atoms with E-state index in [2.05, 4.69) is 6.92 Å². The fourth-order valence-corrected chi connectivity index (χ4v) is 2.41. The first kappa shape index (κ1) is 9.38. The van der Waals surface area contributed by atoms with Crippen LogP contribution >= 0.6 is 0 Å². The highest BCUT2D eigenvalue weighted by atomic mass is 19.3. The molecular formula is C10H17F2N. The first-order valence-corrected chi connectivity index (χ1v) is 5.19.